The van der Waals surface area contributed by atoms with Gasteiger partial charge in [0.05, 0.1) is 38.5 Å². The fourth-order valence-corrected chi connectivity index (χ4v) is 6.66. The molecule has 0 bridgehead atoms. The summed E-state index contributed by atoms with van der Waals surface area (Å²) < 4.78 is 21.6. The summed E-state index contributed by atoms with van der Waals surface area (Å²) in [6, 6.07) is 20.3. The van der Waals surface area contributed by atoms with Crippen molar-refractivity contribution in [1.29, 1.82) is 0 Å². The minimum atomic E-state index is -0.411. The Kier molecular flexibility index (Phi) is 11.1. The van der Waals surface area contributed by atoms with E-state index < -0.39 is 11.8 Å². The lowest BCUT2D eigenvalue weighted by atomic mass is 10.1. The number of hydrogen-bond acceptors (Lipinski definition) is 8. The second-order valence-corrected chi connectivity index (χ2v) is 13.0. The largest absolute Gasteiger partial charge is 0.493 e. The Morgan fingerprint density at radius 2 is 0.923 bits per heavy atom. The van der Waals surface area contributed by atoms with E-state index in [4.69, 9.17) is 75.3 Å². The third kappa shape index (κ3) is 7.47. The van der Waals surface area contributed by atoms with Gasteiger partial charge in [-0.15, -0.1) is 0 Å². The number of ether oxygens (including phenoxy) is 4. The third-order valence-corrected chi connectivity index (χ3v) is 9.30. The van der Waals surface area contributed by atoms with E-state index in [-0.39, 0.29) is 36.2 Å². The first-order valence-corrected chi connectivity index (χ1v) is 17.2. The molecule has 2 heterocycles. The maximum atomic E-state index is 14.1. The summed E-state index contributed by atoms with van der Waals surface area (Å²) in [5, 5.41) is 1.43. The summed E-state index contributed by atoms with van der Waals surface area (Å²) >= 11 is 25.7. The summed E-state index contributed by atoms with van der Waals surface area (Å²) in [6.45, 7) is 0.0268. The van der Waals surface area contributed by atoms with Crippen LogP contribution in [0.1, 0.15) is 22.3 Å². The standard InChI is InChI=1S/C38H30Cl4N4O6/c1-49-31-11-5-21(17-33(31)51-3)15-29-37(47)45(35(43-29)25-9-7-23(39)19-27(25)41)13-14-46-36(26-10-8-24(40)20-28(26)42)44-30(38(46)48)16-22-6-12-32(50-2)34(18-22)52-4/h5-12,15-20H,13-14H2,1-4H3/b29-15-,30-16+. The number of rotatable bonds is 11. The second-order valence-electron chi connectivity index (χ2n) is 11.3. The lowest BCUT2D eigenvalue weighted by Crippen LogP contribution is -2.43. The van der Waals surface area contributed by atoms with Crippen LogP contribution in [0.15, 0.2) is 94.2 Å². The van der Waals surface area contributed by atoms with Gasteiger partial charge in [0.25, 0.3) is 11.8 Å². The van der Waals surface area contributed by atoms with Gasteiger partial charge < -0.3 is 18.9 Å². The van der Waals surface area contributed by atoms with E-state index in [1.807, 2.05) is 0 Å². The van der Waals surface area contributed by atoms with Gasteiger partial charge in [-0.3, -0.25) is 19.4 Å². The Morgan fingerprint density at radius 1 is 0.538 bits per heavy atom. The van der Waals surface area contributed by atoms with Crippen molar-refractivity contribution < 1.29 is 28.5 Å². The normalized spacial score (nSPS) is 15.8. The number of benzene rings is 4. The van der Waals surface area contributed by atoms with Crippen LogP contribution in [0.5, 0.6) is 23.0 Å². The monoisotopic (exact) mass is 778 g/mol. The van der Waals surface area contributed by atoms with Crippen LogP contribution >= 0.6 is 46.4 Å². The average Bonchev–Trinajstić information content (AvgIpc) is 3.60. The van der Waals surface area contributed by atoms with E-state index in [1.165, 1.54) is 38.2 Å². The molecule has 4 aromatic rings. The van der Waals surface area contributed by atoms with E-state index in [0.29, 0.717) is 65.3 Å². The van der Waals surface area contributed by atoms with Crippen LogP contribution in [0.25, 0.3) is 12.2 Å². The summed E-state index contributed by atoms with van der Waals surface area (Å²) in [5.74, 6) is 1.80. The van der Waals surface area contributed by atoms with Crippen LogP contribution in [0.4, 0.5) is 0 Å². The second kappa shape index (κ2) is 15.7. The van der Waals surface area contributed by atoms with Crippen molar-refractivity contribution in [3.63, 3.8) is 0 Å². The molecule has 10 nitrogen and oxygen atoms in total. The molecule has 0 spiro atoms. The van der Waals surface area contributed by atoms with E-state index in [2.05, 4.69) is 0 Å². The first-order valence-electron chi connectivity index (χ1n) is 15.6. The quantitative estimate of drug-likeness (QED) is 0.142. The average molecular weight is 780 g/mol. The number of aliphatic imine (C=N–C) groups is 2. The number of carbonyl (C=O) groups is 2. The highest BCUT2D eigenvalue weighted by molar-refractivity contribution is 6.38. The molecular formula is C38H30Cl4N4O6. The summed E-state index contributed by atoms with van der Waals surface area (Å²) in [5.41, 5.74) is 2.55. The van der Waals surface area contributed by atoms with E-state index in [1.54, 1.807) is 84.9 Å². The number of methoxy groups -OCH3 is 4. The van der Waals surface area contributed by atoms with Gasteiger partial charge in [0, 0.05) is 34.3 Å². The molecule has 0 atom stereocenters. The number of halogens is 4. The highest BCUT2D eigenvalue weighted by Gasteiger charge is 2.36. The minimum Gasteiger partial charge on any atom is -0.493 e. The molecular weight excluding hydrogens is 750 g/mol. The van der Waals surface area contributed by atoms with Gasteiger partial charge in [-0.1, -0.05) is 58.5 Å². The first-order chi connectivity index (χ1) is 25.0. The van der Waals surface area contributed by atoms with Gasteiger partial charge in [-0.05, 0) is 83.9 Å². The van der Waals surface area contributed by atoms with Gasteiger partial charge in [0.1, 0.15) is 23.1 Å². The van der Waals surface area contributed by atoms with Crippen LogP contribution < -0.4 is 18.9 Å². The molecule has 0 saturated heterocycles. The Balaban J connectivity index is 1.37. The third-order valence-electron chi connectivity index (χ3n) is 8.21. The summed E-state index contributed by atoms with van der Waals surface area (Å²) in [4.78, 5) is 40.6. The van der Waals surface area contributed by atoms with Gasteiger partial charge >= 0.3 is 0 Å². The van der Waals surface area contributed by atoms with Crippen LogP contribution in [-0.2, 0) is 9.59 Å². The summed E-state index contributed by atoms with van der Waals surface area (Å²) in [7, 11) is 6.13. The topological polar surface area (TPSA) is 102 Å². The zero-order chi connectivity index (χ0) is 37.1. The molecule has 0 aromatic heterocycles. The SMILES string of the molecule is COc1ccc(/C=C2\N=C(c3ccc(Cl)cc3Cl)N(CCN3C(=O)/C(=C\c4ccc(OC)c(OC)c4)N=C3c3ccc(Cl)cc3Cl)C2=O)cc1OC. The predicted octanol–water partition coefficient (Wildman–Crippen LogP) is 8.29. The number of carbonyl (C=O) groups excluding carboxylic acids is 2. The molecule has 266 valence electrons. The van der Waals surface area contributed by atoms with Crippen molar-refractivity contribution in [2.45, 2.75) is 0 Å². The van der Waals surface area contributed by atoms with Gasteiger partial charge in [0.2, 0.25) is 0 Å². The molecule has 14 heteroatoms. The van der Waals surface area contributed by atoms with E-state index in [9.17, 15) is 9.59 Å². The molecule has 2 amide bonds. The fourth-order valence-electron chi connectivity index (χ4n) is 5.67. The number of amides is 2. The van der Waals surface area contributed by atoms with Crippen LogP contribution in [0, 0.1) is 0 Å². The van der Waals surface area contributed by atoms with E-state index in [0.717, 1.165) is 0 Å². The van der Waals surface area contributed by atoms with Crippen molar-refractivity contribution in [3.8, 4) is 23.0 Å². The van der Waals surface area contributed by atoms with Crippen LogP contribution in [0.3, 0.4) is 0 Å². The Labute approximate surface area is 320 Å². The highest BCUT2D eigenvalue weighted by atomic mass is 35.5. The lowest BCUT2D eigenvalue weighted by Gasteiger charge is -2.24. The van der Waals surface area contributed by atoms with Crippen molar-refractivity contribution in [1.82, 2.24) is 9.80 Å². The zero-order valence-corrected chi connectivity index (χ0v) is 31.3. The molecule has 2 aliphatic heterocycles. The summed E-state index contributed by atoms with van der Waals surface area (Å²) in [6.07, 6.45) is 3.28. The van der Waals surface area contributed by atoms with Crippen LogP contribution in [-0.4, -0.2) is 74.8 Å². The first kappa shape index (κ1) is 36.8. The Morgan fingerprint density at radius 3 is 1.27 bits per heavy atom. The molecule has 0 radical (unpaired) electrons. The number of nitrogens with zero attached hydrogens (tertiary/aromatic N) is 4. The Hall–Kier alpha value is -5.00. The smallest absolute Gasteiger partial charge is 0.278 e. The van der Waals surface area contributed by atoms with Crippen LogP contribution in [0.2, 0.25) is 20.1 Å². The maximum absolute atomic E-state index is 14.1. The fraction of sp³-hybridized carbons (Fsp3) is 0.158. The molecule has 0 saturated carbocycles. The molecule has 0 N–H and O–H groups in total. The maximum Gasteiger partial charge on any atom is 0.278 e. The lowest BCUT2D eigenvalue weighted by molar-refractivity contribution is -0.125. The molecule has 6 rings (SSSR count). The van der Waals surface area contributed by atoms with Gasteiger partial charge in [0.15, 0.2) is 23.0 Å². The van der Waals surface area contributed by atoms with Gasteiger partial charge in [-0.25, -0.2) is 9.98 Å². The molecule has 52 heavy (non-hydrogen) atoms. The molecule has 0 fully saturated rings. The number of amidine groups is 2. The zero-order valence-electron chi connectivity index (χ0n) is 28.2. The number of hydrogen-bond donors (Lipinski definition) is 0. The van der Waals surface area contributed by atoms with Crippen molar-refractivity contribution in [2.75, 3.05) is 41.5 Å². The van der Waals surface area contributed by atoms with Crippen molar-refractivity contribution >= 4 is 82.0 Å². The van der Waals surface area contributed by atoms with Crippen molar-refractivity contribution in [2.24, 2.45) is 9.98 Å². The molecule has 4 aromatic carbocycles. The van der Waals surface area contributed by atoms with Gasteiger partial charge in [-0.2, -0.15) is 0 Å². The van der Waals surface area contributed by atoms with E-state index >= 15 is 0 Å². The minimum absolute atomic E-state index is 0.0134. The Bertz CT molecular complexity index is 2060. The molecule has 2 aliphatic rings. The molecule has 0 aliphatic carbocycles. The van der Waals surface area contributed by atoms with Crippen molar-refractivity contribution in [3.05, 3.63) is 127 Å². The predicted molar refractivity (Wildman–Crippen MR) is 204 cm³/mol. The molecule has 0 unspecified atom stereocenters. The highest BCUT2D eigenvalue weighted by Crippen LogP contribution is 2.34.